The first-order valence-electron chi connectivity index (χ1n) is 8.23. The second-order valence-corrected chi connectivity index (χ2v) is 6.88. The van der Waals surface area contributed by atoms with E-state index >= 15 is 0 Å². The van der Waals surface area contributed by atoms with Crippen LogP contribution < -0.4 is 0 Å². The van der Waals surface area contributed by atoms with Crippen molar-refractivity contribution in [1.82, 2.24) is 9.80 Å². The molecule has 1 N–H and O–H groups in total. The monoisotopic (exact) mass is 296 g/mol. The van der Waals surface area contributed by atoms with Crippen molar-refractivity contribution in [2.24, 2.45) is 17.8 Å². The Labute approximate surface area is 127 Å². The summed E-state index contributed by atoms with van der Waals surface area (Å²) in [6.07, 6.45) is 4.01. The zero-order valence-electron chi connectivity index (χ0n) is 13.3. The van der Waals surface area contributed by atoms with Crippen LogP contribution in [0.25, 0.3) is 0 Å². The predicted molar refractivity (Wildman–Crippen MR) is 81.1 cm³/mol. The van der Waals surface area contributed by atoms with Crippen molar-refractivity contribution in [2.75, 3.05) is 26.2 Å². The van der Waals surface area contributed by atoms with Gasteiger partial charge < -0.3 is 14.9 Å². The minimum absolute atomic E-state index is 0.190. The molecule has 1 unspecified atom stereocenters. The molecule has 120 valence electrons. The number of hydrogen-bond acceptors (Lipinski definition) is 2. The summed E-state index contributed by atoms with van der Waals surface area (Å²) in [5.41, 5.74) is 0. The zero-order chi connectivity index (χ0) is 15.4. The van der Waals surface area contributed by atoms with Gasteiger partial charge in [-0.1, -0.05) is 13.8 Å². The number of carbonyl (C=O) groups excluding carboxylic acids is 1. The molecule has 2 rings (SSSR count). The maximum Gasteiger partial charge on any atom is 0.320 e. The fourth-order valence-corrected chi connectivity index (χ4v) is 3.45. The first-order valence-corrected chi connectivity index (χ1v) is 8.23. The van der Waals surface area contributed by atoms with Gasteiger partial charge in [-0.25, -0.2) is 4.79 Å². The third kappa shape index (κ3) is 4.35. The van der Waals surface area contributed by atoms with Crippen molar-refractivity contribution in [2.45, 2.75) is 46.0 Å². The Kier molecular flexibility index (Phi) is 5.48. The third-order valence-electron chi connectivity index (χ3n) is 5.09. The Bertz CT molecular complexity index is 376. The molecule has 0 saturated carbocycles. The van der Waals surface area contributed by atoms with Gasteiger partial charge >= 0.3 is 12.0 Å². The standard InChI is InChI=1S/C16H28N2O3/c1-12(2)14-7-10-18(11-14)16(21)17-8-5-13(6-9-17)3-4-15(19)20/h12-14H,3-11H2,1-2H3,(H,19,20). The lowest BCUT2D eigenvalue weighted by molar-refractivity contribution is -0.137. The number of urea groups is 1. The molecule has 5 nitrogen and oxygen atoms in total. The van der Waals surface area contributed by atoms with Crippen LogP contribution in [0.4, 0.5) is 4.79 Å². The number of nitrogens with zero attached hydrogens (tertiary/aromatic N) is 2. The molecule has 2 saturated heterocycles. The number of amides is 2. The maximum absolute atomic E-state index is 12.5. The molecule has 0 aromatic heterocycles. The largest absolute Gasteiger partial charge is 0.481 e. The van der Waals surface area contributed by atoms with Crippen LogP contribution in [0.1, 0.15) is 46.0 Å². The summed E-state index contributed by atoms with van der Waals surface area (Å²) >= 11 is 0. The van der Waals surface area contributed by atoms with E-state index in [-0.39, 0.29) is 12.5 Å². The summed E-state index contributed by atoms with van der Waals surface area (Å²) in [5, 5.41) is 8.73. The van der Waals surface area contributed by atoms with E-state index in [1.807, 2.05) is 9.80 Å². The molecule has 0 aliphatic carbocycles. The van der Waals surface area contributed by atoms with Crippen molar-refractivity contribution in [1.29, 1.82) is 0 Å². The van der Waals surface area contributed by atoms with Crippen molar-refractivity contribution in [3.05, 3.63) is 0 Å². The van der Waals surface area contributed by atoms with Crippen LogP contribution in [0.3, 0.4) is 0 Å². The second kappa shape index (κ2) is 7.14. The number of piperidine rings is 1. The first-order chi connectivity index (χ1) is 9.97. The quantitative estimate of drug-likeness (QED) is 0.867. The lowest BCUT2D eigenvalue weighted by Gasteiger charge is -2.34. The Balaban J connectivity index is 1.74. The van der Waals surface area contributed by atoms with Crippen LogP contribution in [-0.2, 0) is 4.79 Å². The summed E-state index contributed by atoms with van der Waals surface area (Å²) in [7, 11) is 0. The Hall–Kier alpha value is -1.26. The number of hydrogen-bond donors (Lipinski definition) is 1. The van der Waals surface area contributed by atoms with Gasteiger partial charge in [0.25, 0.3) is 0 Å². The third-order valence-corrected chi connectivity index (χ3v) is 5.09. The average Bonchev–Trinajstić information content (AvgIpc) is 2.95. The van der Waals surface area contributed by atoms with E-state index in [0.29, 0.717) is 17.8 Å². The second-order valence-electron chi connectivity index (χ2n) is 6.88. The van der Waals surface area contributed by atoms with E-state index in [1.54, 1.807) is 0 Å². The van der Waals surface area contributed by atoms with Crippen molar-refractivity contribution in [3.8, 4) is 0 Å². The minimum atomic E-state index is -0.717. The molecule has 0 bridgehead atoms. The molecule has 0 aromatic rings. The number of carbonyl (C=O) groups is 2. The van der Waals surface area contributed by atoms with Crippen molar-refractivity contribution in [3.63, 3.8) is 0 Å². The molecule has 2 aliphatic heterocycles. The van der Waals surface area contributed by atoms with Gasteiger partial charge in [0, 0.05) is 32.6 Å². The van der Waals surface area contributed by atoms with E-state index in [0.717, 1.165) is 51.9 Å². The van der Waals surface area contributed by atoms with Crippen LogP contribution in [0, 0.1) is 17.8 Å². The lowest BCUT2D eigenvalue weighted by Crippen LogP contribution is -2.46. The van der Waals surface area contributed by atoms with Gasteiger partial charge in [0.2, 0.25) is 0 Å². The van der Waals surface area contributed by atoms with Crippen LogP contribution in [-0.4, -0.2) is 53.1 Å². The topological polar surface area (TPSA) is 60.9 Å². The molecule has 1 atom stereocenters. The molecule has 2 fully saturated rings. The van der Waals surface area contributed by atoms with Gasteiger partial charge in [0.05, 0.1) is 0 Å². The van der Waals surface area contributed by atoms with Crippen LogP contribution >= 0.6 is 0 Å². The molecule has 0 radical (unpaired) electrons. The van der Waals surface area contributed by atoms with Gasteiger partial charge in [0.15, 0.2) is 0 Å². The maximum atomic E-state index is 12.5. The van der Waals surface area contributed by atoms with Crippen LogP contribution in [0.2, 0.25) is 0 Å². The Morgan fingerprint density at radius 3 is 2.24 bits per heavy atom. The summed E-state index contributed by atoms with van der Waals surface area (Å²) in [4.78, 5) is 27.1. The molecular weight excluding hydrogens is 268 g/mol. The molecular formula is C16H28N2O3. The summed E-state index contributed by atoms with van der Waals surface area (Å²) < 4.78 is 0. The first kappa shape index (κ1) is 16.1. The van der Waals surface area contributed by atoms with E-state index < -0.39 is 5.97 Å². The fraction of sp³-hybridized carbons (Fsp3) is 0.875. The van der Waals surface area contributed by atoms with E-state index in [9.17, 15) is 9.59 Å². The minimum Gasteiger partial charge on any atom is -0.481 e. The highest BCUT2D eigenvalue weighted by atomic mass is 16.4. The van der Waals surface area contributed by atoms with E-state index in [2.05, 4.69) is 13.8 Å². The molecule has 2 amide bonds. The van der Waals surface area contributed by atoms with Crippen LogP contribution in [0.5, 0.6) is 0 Å². The number of aliphatic carboxylic acids is 1. The molecule has 5 heteroatoms. The molecule has 0 aromatic carbocycles. The normalized spacial score (nSPS) is 23.9. The van der Waals surface area contributed by atoms with Crippen LogP contribution in [0.15, 0.2) is 0 Å². The Morgan fingerprint density at radius 2 is 1.71 bits per heavy atom. The smallest absolute Gasteiger partial charge is 0.320 e. The van der Waals surface area contributed by atoms with E-state index in [1.165, 1.54) is 0 Å². The highest BCUT2D eigenvalue weighted by Crippen LogP contribution is 2.27. The highest BCUT2D eigenvalue weighted by molar-refractivity contribution is 5.74. The lowest BCUT2D eigenvalue weighted by atomic mass is 9.92. The van der Waals surface area contributed by atoms with Gasteiger partial charge in [-0.15, -0.1) is 0 Å². The molecule has 0 spiro atoms. The number of rotatable bonds is 4. The Morgan fingerprint density at radius 1 is 1.10 bits per heavy atom. The highest BCUT2D eigenvalue weighted by Gasteiger charge is 2.32. The predicted octanol–water partition coefficient (Wildman–Crippen LogP) is 2.66. The summed E-state index contributed by atoms with van der Waals surface area (Å²) in [6, 6.07) is 0.190. The van der Waals surface area contributed by atoms with Gasteiger partial charge in [0.1, 0.15) is 0 Å². The molecule has 21 heavy (non-hydrogen) atoms. The summed E-state index contributed by atoms with van der Waals surface area (Å²) in [5.74, 6) is 1.03. The average molecular weight is 296 g/mol. The SMILES string of the molecule is CC(C)C1CCN(C(=O)N2CCC(CCC(=O)O)CC2)C1. The fourth-order valence-electron chi connectivity index (χ4n) is 3.45. The zero-order valence-corrected chi connectivity index (χ0v) is 13.3. The number of carboxylic acids is 1. The molecule has 2 heterocycles. The van der Waals surface area contributed by atoms with Gasteiger partial charge in [-0.2, -0.15) is 0 Å². The van der Waals surface area contributed by atoms with Gasteiger partial charge in [-0.3, -0.25) is 4.79 Å². The van der Waals surface area contributed by atoms with Crippen molar-refractivity contribution >= 4 is 12.0 Å². The molecule has 2 aliphatic rings. The van der Waals surface area contributed by atoms with Crippen molar-refractivity contribution < 1.29 is 14.7 Å². The number of likely N-dealkylation sites (tertiary alicyclic amines) is 2. The number of carboxylic acid groups (broad SMARTS) is 1. The summed E-state index contributed by atoms with van der Waals surface area (Å²) in [6.45, 7) is 7.81. The van der Waals surface area contributed by atoms with E-state index in [4.69, 9.17) is 5.11 Å². The van der Waals surface area contributed by atoms with Gasteiger partial charge in [-0.05, 0) is 43.4 Å².